The number of rotatable bonds is 8. The van der Waals surface area contributed by atoms with Crippen molar-refractivity contribution >= 4 is 28.7 Å². The third kappa shape index (κ3) is 5.81. The van der Waals surface area contributed by atoms with Crippen molar-refractivity contribution in [3.05, 3.63) is 88.1 Å². The molecule has 0 amide bonds. The van der Waals surface area contributed by atoms with E-state index in [0.29, 0.717) is 12.6 Å². The molecule has 1 aromatic heterocycles. The summed E-state index contributed by atoms with van der Waals surface area (Å²) in [6, 6.07) is 23.2. The van der Waals surface area contributed by atoms with Crippen LogP contribution in [0.15, 0.2) is 72.1 Å². The molecule has 0 fully saturated rings. The fourth-order valence-electron chi connectivity index (χ4n) is 3.06. The number of ether oxygens (including phenoxy) is 1. The molecule has 0 saturated heterocycles. The van der Waals surface area contributed by atoms with E-state index in [1.165, 1.54) is 16.0 Å². The van der Waals surface area contributed by atoms with Gasteiger partial charge in [0, 0.05) is 30.4 Å². The van der Waals surface area contributed by atoms with E-state index >= 15 is 0 Å². The Morgan fingerprint density at radius 2 is 1.79 bits per heavy atom. The normalized spacial score (nSPS) is 11.6. The molecule has 3 nitrogen and oxygen atoms in total. The average Bonchev–Trinajstić information content (AvgIpc) is 3.24. The maximum Gasteiger partial charge on any atom is 0.169 e. The molecule has 28 heavy (non-hydrogen) atoms. The second-order valence-corrected chi connectivity index (χ2v) is 8.17. The summed E-state index contributed by atoms with van der Waals surface area (Å²) >= 11 is 7.59. The predicted octanol–water partition coefficient (Wildman–Crippen LogP) is 5.26. The van der Waals surface area contributed by atoms with E-state index in [9.17, 15) is 0 Å². The fourth-order valence-corrected chi connectivity index (χ4v) is 4.20. The van der Waals surface area contributed by atoms with E-state index in [0.717, 1.165) is 23.8 Å². The minimum atomic E-state index is 0.301. The summed E-state index contributed by atoms with van der Waals surface area (Å²) in [5.41, 5.74) is 2.43. The summed E-state index contributed by atoms with van der Waals surface area (Å²) in [4.78, 5) is 3.66. The molecule has 1 heterocycles. The maximum absolute atomic E-state index is 5.79. The molecular formula is C23H26N2OS2. The zero-order valence-electron chi connectivity index (χ0n) is 16.3. The summed E-state index contributed by atoms with van der Waals surface area (Å²) < 4.78 is 5.23. The van der Waals surface area contributed by atoms with Crippen LogP contribution in [0.25, 0.3) is 0 Å². The lowest BCUT2D eigenvalue weighted by atomic mass is 10.1. The van der Waals surface area contributed by atoms with Crippen LogP contribution in [0.4, 0.5) is 0 Å². The van der Waals surface area contributed by atoms with Crippen molar-refractivity contribution in [1.29, 1.82) is 0 Å². The highest BCUT2D eigenvalue weighted by Gasteiger charge is 2.18. The smallest absolute Gasteiger partial charge is 0.169 e. The molecule has 1 atom stereocenters. The first-order chi connectivity index (χ1) is 13.7. The minimum Gasteiger partial charge on any atom is -0.497 e. The third-order valence-corrected chi connectivity index (χ3v) is 5.95. The van der Waals surface area contributed by atoms with Gasteiger partial charge in [0.2, 0.25) is 0 Å². The molecule has 0 unspecified atom stereocenters. The molecule has 0 aliphatic rings. The van der Waals surface area contributed by atoms with Crippen molar-refractivity contribution < 1.29 is 4.74 Å². The number of nitrogens with one attached hydrogen (secondary N) is 1. The van der Waals surface area contributed by atoms with Crippen molar-refractivity contribution in [2.75, 3.05) is 7.11 Å². The summed E-state index contributed by atoms with van der Waals surface area (Å²) in [6.45, 7) is 3.73. The molecule has 0 spiro atoms. The van der Waals surface area contributed by atoms with E-state index in [4.69, 9.17) is 17.0 Å². The van der Waals surface area contributed by atoms with Crippen LogP contribution < -0.4 is 10.1 Å². The molecule has 0 aliphatic heterocycles. The first-order valence-electron chi connectivity index (χ1n) is 9.39. The summed E-state index contributed by atoms with van der Waals surface area (Å²) in [6.07, 6.45) is 0.981. The first-order valence-corrected chi connectivity index (χ1v) is 10.7. The second-order valence-electron chi connectivity index (χ2n) is 6.75. The molecule has 1 N–H and O–H groups in total. The number of methoxy groups -OCH3 is 1. The topological polar surface area (TPSA) is 24.5 Å². The maximum atomic E-state index is 5.79. The summed E-state index contributed by atoms with van der Waals surface area (Å²) in [7, 11) is 1.68. The molecule has 0 saturated carbocycles. The van der Waals surface area contributed by atoms with Gasteiger partial charge in [0.1, 0.15) is 5.75 Å². The van der Waals surface area contributed by atoms with Gasteiger partial charge in [-0.25, -0.2) is 0 Å². The van der Waals surface area contributed by atoms with Gasteiger partial charge in [-0.05, 0) is 53.8 Å². The Morgan fingerprint density at radius 1 is 1.04 bits per heavy atom. The Bertz CT molecular complexity index is 848. The van der Waals surface area contributed by atoms with E-state index in [1.807, 2.05) is 18.2 Å². The van der Waals surface area contributed by atoms with E-state index in [1.54, 1.807) is 18.4 Å². The van der Waals surface area contributed by atoms with Crippen molar-refractivity contribution in [2.24, 2.45) is 0 Å². The lowest BCUT2D eigenvalue weighted by Gasteiger charge is -2.32. The Kier molecular flexibility index (Phi) is 7.46. The van der Waals surface area contributed by atoms with E-state index in [-0.39, 0.29) is 0 Å². The van der Waals surface area contributed by atoms with Gasteiger partial charge in [-0.1, -0.05) is 48.5 Å². The van der Waals surface area contributed by atoms with Crippen LogP contribution in [0.2, 0.25) is 0 Å². The van der Waals surface area contributed by atoms with Crippen LogP contribution in [-0.4, -0.2) is 23.2 Å². The van der Waals surface area contributed by atoms with Crippen LogP contribution >= 0.6 is 23.6 Å². The number of hydrogen-bond donors (Lipinski definition) is 1. The predicted molar refractivity (Wildman–Crippen MR) is 122 cm³/mol. The molecule has 3 rings (SSSR count). The van der Waals surface area contributed by atoms with Gasteiger partial charge >= 0.3 is 0 Å². The Morgan fingerprint density at radius 3 is 2.43 bits per heavy atom. The molecule has 0 radical (unpaired) electrons. The second kappa shape index (κ2) is 10.2. The highest BCUT2D eigenvalue weighted by atomic mass is 32.1. The molecular weight excluding hydrogens is 384 g/mol. The fraction of sp³-hybridized carbons (Fsp3) is 0.261. The lowest BCUT2D eigenvalue weighted by molar-refractivity contribution is 0.317. The van der Waals surface area contributed by atoms with Crippen molar-refractivity contribution in [2.45, 2.75) is 32.5 Å². The van der Waals surface area contributed by atoms with Crippen molar-refractivity contribution in [3.8, 4) is 5.75 Å². The molecule has 0 bridgehead atoms. The molecule has 5 heteroatoms. The van der Waals surface area contributed by atoms with Gasteiger partial charge in [0.25, 0.3) is 0 Å². The minimum absolute atomic E-state index is 0.301. The van der Waals surface area contributed by atoms with Gasteiger partial charge < -0.3 is 15.0 Å². The highest BCUT2D eigenvalue weighted by Crippen LogP contribution is 2.17. The third-order valence-electron chi connectivity index (χ3n) is 4.67. The number of thiocarbonyl (C=S) groups is 1. The van der Waals surface area contributed by atoms with Gasteiger partial charge in [0.15, 0.2) is 5.11 Å². The Balaban J connectivity index is 1.67. The first kappa shape index (κ1) is 20.4. The zero-order chi connectivity index (χ0) is 19.8. The quantitative estimate of drug-likeness (QED) is 0.512. The van der Waals surface area contributed by atoms with Crippen molar-refractivity contribution in [3.63, 3.8) is 0 Å². The van der Waals surface area contributed by atoms with E-state index < -0.39 is 0 Å². The van der Waals surface area contributed by atoms with Gasteiger partial charge in [-0.3, -0.25) is 0 Å². The van der Waals surface area contributed by atoms with Crippen LogP contribution in [0.5, 0.6) is 5.75 Å². The zero-order valence-corrected chi connectivity index (χ0v) is 17.9. The number of benzene rings is 2. The number of hydrogen-bond acceptors (Lipinski definition) is 3. The van der Waals surface area contributed by atoms with Gasteiger partial charge in [-0.2, -0.15) is 0 Å². The Labute approximate surface area is 177 Å². The van der Waals surface area contributed by atoms with Gasteiger partial charge in [-0.15, -0.1) is 11.3 Å². The summed E-state index contributed by atoms with van der Waals surface area (Å²) in [5.74, 6) is 0.863. The van der Waals surface area contributed by atoms with Crippen LogP contribution in [-0.2, 0) is 19.5 Å². The number of thiophene rings is 1. The summed E-state index contributed by atoms with van der Waals surface area (Å²) in [5, 5.41) is 6.35. The van der Waals surface area contributed by atoms with Crippen molar-refractivity contribution in [1.82, 2.24) is 10.2 Å². The number of nitrogens with zero attached hydrogens (tertiary/aromatic N) is 1. The average molecular weight is 411 g/mol. The molecule has 146 valence electrons. The molecule has 0 aliphatic carbocycles. The van der Waals surface area contributed by atoms with E-state index in [2.05, 4.69) is 71.1 Å². The SMILES string of the molecule is COc1ccc(CNC(=S)N(Cc2ccccc2)[C@H](C)Cc2cccs2)cc1. The standard InChI is InChI=1S/C23H26N2OS2/c1-18(15-22-9-6-14-28-22)25(17-20-7-4-3-5-8-20)23(27)24-16-19-10-12-21(26-2)13-11-19/h3-14,18H,15-17H2,1-2H3,(H,24,27)/t18-/m1/s1. The van der Waals surface area contributed by atoms with Crippen LogP contribution in [0.1, 0.15) is 22.9 Å². The Hall–Kier alpha value is -2.37. The van der Waals surface area contributed by atoms with Crippen LogP contribution in [0.3, 0.4) is 0 Å². The lowest BCUT2D eigenvalue weighted by Crippen LogP contribution is -2.44. The largest absolute Gasteiger partial charge is 0.497 e. The molecule has 3 aromatic rings. The monoisotopic (exact) mass is 410 g/mol. The van der Waals surface area contributed by atoms with Crippen LogP contribution in [0, 0.1) is 0 Å². The molecule has 2 aromatic carbocycles. The van der Waals surface area contributed by atoms with Gasteiger partial charge in [0.05, 0.1) is 7.11 Å². The highest BCUT2D eigenvalue weighted by molar-refractivity contribution is 7.80.